The maximum atomic E-state index is 13.5. The van der Waals surface area contributed by atoms with Crippen LogP contribution in [0.5, 0.6) is 5.75 Å². The first-order valence-electron chi connectivity index (χ1n) is 11.2. The van der Waals surface area contributed by atoms with Crippen LogP contribution in [0.25, 0.3) is 0 Å². The molecule has 1 aliphatic heterocycles. The monoisotopic (exact) mass is 491 g/mol. The van der Waals surface area contributed by atoms with Crippen molar-refractivity contribution in [2.24, 2.45) is 0 Å². The van der Waals surface area contributed by atoms with E-state index in [4.69, 9.17) is 27.9 Å². The summed E-state index contributed by atoms with van der Waals surface area (Å²) in [5, 5.41) is 3.88. The first-order valence-corrected chi connectivity index (χ1v) is 12.0. The molecule has 1 aliphatic rings. The highest BCUT2D eigenvalue weighted by Gasteiger charge is 2.23. The Labute approximate surface area is 205 Å². The van der Waals surface area contributed by atoms with E-state index >= 15 is 0 Å². The van der Waals surface area contributed by atoms with E-state index in [1.807, 2.05) is 35.2 Å². The zero-order valence-corrected chi connectivity index (χ0v) is 20.7. The van der Waals surface area contributed by atoms with E-state index in [2.05, 4.69) is 10.2 Å². The summed E-state index contributed by atoms with van der Waals surface area (Å²) < 4.78 is 5.23. The minimum atomic E-state index is -0.427. The van der Waals surface area contributed by atoms with Crippen molar-refractivity contribution in [3.8, 4) is 5.75 Å². The van der Waals surface area contributed by atoms with E-state index in [0.717, 1.165) is 36.5 Å². The maximum Gasteiger partial charge on any atom is 0.225 e. The number of benzene rings is 2. The number of carbonyl (C=O) groups is 2. The average Bonchev–Trinajstić information content (AvgIpc) is 3.32. The first kappa shape index (κ1) is 25.3. The largest absolute Gasteiger partial charge is 0.497 e. The van der Waals surface area contributed by atoms with Gasteiger partial charge in [-0.05, 0) is 61.3 Å². The van der Waals surface area contributed by atoms with Crippen LogP contribution in [-0.4, -0.2) is 54.9 Å². The summed E-state index contributed by atoms with van der Waals surface area (Å²) in [7, 11) is 1.60. The highest BCUT2D eigenvalue weighted by Crippen LogP contribution is 2.25. The van der Waals surface area contributed by atoms with Crippen molar-refractivity contribution >= 4 is 35.0 Å². The molecule has 0 bridgehead atoms. The molecular formula is C25H31Cl2N3O3. The van der Waals surface area contributed by atoms with Crippen LogP contribution < -0.4 is 10.1 Å². The Bertz CT molecular complexity index is 946. The van der Waals surface area contributed by atoms with Gasteiger partial charge in [-0.15, -0.1) is 0 Å². The Morgan fingerprint density at radius 3 is 2.39 bits per heavy atom. The molecule has 1 fully saturated rings. The Morgan fingerprint density at radius 1 is 1.09 bits per heavy atom. The normalized spacial score (nSPS) is 14.7. The summed E-state index contributed by atoms with van der Waals surface area (Å²) in [6.07, 6.45) is 2.55. The summed E-state index contributed by atoms with van der Waals surface area (Å²) in [6, 6.07) is 12.4. The van der Waals surface area contributed by atoms with Gasteiger partial charge in [0.15, 0.2) is 0 Å². The lowest BCUT2D eigenvalue weighted by Crippen LogP contribution is -2.39. The molecule has 0 aromatic heterocycles. The molecule has 0 spiro atoms. The number of likely N-dealkylation sites (tertiary alicyclic amines) is 1. The number of hydrogen-bond acceptors (Lipinski definition) is 4. The highest BCUT2D eigenvalue weighted by atomic mass is 35.5. The van der Waals surface area contributed by atoms with Gasteiger partial charge in [0.2, 0.25) is 11.8 Å². The number of rotatable bonds is 10. The second-order valence-corrected chi connectivity index (χ2v) is 9.16. The average molecular weight is 492 g/mol. The van der Waals surface area contributed by atoms with Crippen LogP contribution in [0.3, 0.4) is 0 Å². The molecule has 1 N–H and O–H groups in total. The number of nitrogens with zero attached hydrogens (tertiary/aromatic N) is 2. The van der Waals surface area contributed by atoms with Crippen LogP contribution in [0.15, 0.2) is 42.5 Å². The third-order valence-electron chi connectivity index (χ3n) is 5.87. The number of halogens is 2. The van der Waals surface area contributed by atoms with E-state index in [9.17, 15) is 9.59 Å². The molecule has 0 aliphatic carbocycles. The smallest absolute Gasteiger partial charge is 0.225 e. The maximum absolute atomic E-state index is 13.5. The lowest BCUT2D eigenvalue weighted by atomic mass is 10.0. The lowest BCUT2D eigenvalue weighted by molar-refractivity contribution is -0.132. The fourth-order valence-corrected chi connectivity index (χ4v) is 4.38. The van der Waals surface area contributed by atoms with E-state index in [1.165, 1.54) is 19.8 Å². The molecule has 1 atom stereocenters. The zero-order valence-electron chi connectivity index (χ0n) is 19.2. The predicted molar refractivity (Wildman–Crippen MR) is 132 cm³/mol. The molecule has 8 heteroatoms. The Kier molecular flexibility index (Phi) is 9.41. The molecule has 2 aromatic carbocycles. The molecule has 0 radical (unpaired) electrons. The van der Waals surface area contributed by atoms with Crippen molar-refractivity contribution in [3.63, 3.8) is 0 Å². The fourth-order valence-electron chi connectivity index (χ4n) is 4.06. The quantitative estimate of drug-likeness (QED) is 0.523. The minimum absolute atomic E-state index is 0.0326. The topological polar surface area (TPSA) is 61.9 Å². The van der Waals surface area contributed by atoms with Crippen LogP contribution in [0.4, 0.5) is 0 Å². The van der Waals surface area contributed by atoms with E-state index in [1.54, 1.807) is 19.2 Å². The van der Waals surface area contributed by atoms with Gasteiger partial charge in [-0.2, -0.15) is 0 Å². The van der Waals surface area contributed by atoms with Crippen molar-refractivity contribution < 1.29 is 14.3 Å². The standard InChI is InChI=1S/C25H31Cl2N3O3/c1-18(31)28-24(20-6-8-21(33-2)9-7-20)16-25(32)30(14-13-29-11-3-4-12-29)17-19-5-10-22(26)23(27)15-19/h5-10,15,24H,3-4,11-14,16-17H2,1-2H3,(H,28,31). The lowest BCUT2D eigenvalue weighted by Gasteiger charge is -2.28. The molecule has 0 saturated carbocycles. The van der Waals surface area contributed by atoms with Crippen molar-refractivity contribution in [3.05, 3.63) is 63.6 Å². The van der Waals surface area contributed by atoms with Crippen molar-refractivity contribution in [1.29, 1.82) is 0 Å². The molecule has 2 amide bonds. The molecule has 6 nitrogen and oxygen atoms in total. The van der Waals surface area contributed by atoms with E-state index < -0.39 is 6.04 Å². The predicted octanol–water partition coefficient (Wildman–Crippen LogP) is 4.69. The fraction of sp³-hybridized carbons (Fsp3) is 0.440. The highest BCUT2D eigenvalue weighted by molar-refractivity contribution is 6.42. The van der Waals surface area contributed by atoms with Gasteiger partial charge in [0.25, 0.3) is 0 Å². The summed E-state index contributed by atoms with van der Waals surface area (Å²) in [5.74, 6) is 0.505. The third-order valence-corrected chi connectivity index (χ3v) is 6.61. The van der Waals surface area contributed by atoms with Gasteiger partial charge >= 0.3 is 0 Å². The summed E-state index contributed by atoms with van der Waals surface area (Å²) in [5.41, 5.74) is 1.77. The van der Waals surface area contributed by atoms with Crippen LogP contribution >= 0.6 is 23.2 Å². The van der Waals surface area contributed by atoms with Gasteiger partial charge in [0, 0.05) is 26.6 Å². The molecular weight excluding hydrogens is 461 g/mol. The van der Waals surface area contributed by atoms with Crippen molar-refractivity contribution in [2.75, 3.05) is 33.3 Å². The van der Waals surface area contributed by atoms with E-state index in [-0.39, 0.29) is 18.2 Å². The number of amides is 2. The van der Waals surface area contributed by atoms with Gasteiger partial charge in [-0.1, -0.05) is 41.4 Å². The van der Waals surface area contributed by atoms with Gasteiger partial charge in [-0.25, -0.2) is 0 Å². The van der Waals surface area contributed by atoms with Crippen LogP contribution in [0.1, 0.15) is 43.4 Å². The third kappa shape index (κ3) is 7.63. The Hall–Kier alpha value is -2.28. The number of ether oxygens (including phenoxy) is 1. The second kappa shape index (κ2) is 12.3. The Morgan fingerprint density at radius 2 is 1.79 bits per heavy atom. The first-order chi connectivity index (χ1) is 15.9. The molecule has 1 saturated heterocycles. The number of methoxy groups -OCH3 is 1. The molecule has 2 aromatic rings. The molecule has 1 unspecified atom stereocenters. The van der Waals surface area contributed by atoms with E-state index in [0.29, 0.717) is 23.1 Å². The summed E-state index contributed by atoms with van der Waals surface area (Å²) in [4.78, 5) is 29.6. The van der Waals surface area contributed by atoms with Crippen LogP contribution in [0, 0.1) is 0 Å². The van der Waals surface area contributed by atoms with Gasteiger partial charge in [-0.3, -0.25) is 9.59 Å². The van der Waals surface area contributed by atoms with Crippen LogP contribution in [0.2, 0.25) is 10.0 Å². The summed E-state index contributed by atoms with van der Waals surface area (Å²) >= 11 is 12.3. The van der Waals surface area contributed by atoms with Gasteiger partial charge in [0.05, 0.1) is 29.6 Å². The van der Waals surface area contributed by atoms with Crippen LogP contribution in [-0.2, 0) is 16.1 Å². The number of nitrogens with one attached hydrogen (secondary N) is 1. The van der Waals surface area contributed by atoms with Gasteiger partial charge in [0.1, 0.15) is 5.75 Å². The molecule has 3 rings (SSSR count). The minimum Gasteiger partial charge on any atom is -0.497 e. The molecule has 1 heterocycles. The second-order valence-electron chi connectivity index (χ2n) is 8.34. The number of hydrogen-bond donors (Lipinski definition) is 1. The van der Waals surface area contributed by atoms with Crippen molar-refractivity contribution in [2.45, 2.75) is 38.8 Å². The summed E-state index contributed by atoms with van der Waals surface area (Å²) in [6.45, 7) is 5.44. The molecule has 33 heavy (non-hydrogen) atoms. The number of carbonyl (C=O) groups excluding carboxylic acids is 2. The zero-order chi connectivity index (χ0) is 23.8. The SMILES string of the molecule is COc1ccc(C(CC(=O)N(CCN2CCCC2)Cc2ccc(Cl)c(Cl)c2)NC(C)=O)cc1. The molecule has 178 valence electrons. The van der Waals surface area contributed by atoms with Gasteiger partial charge < -0.3 is 19.9 Å². The van der Waals surface area contributed by atoms with Crippen molar-refractivity contribution in [1.82, 2.24) is 15.1 Å². The Balaban J connectivity index is 1.76.